The molecule has 0 atom stereocenters. The molecule has 8 heteroatoms. The standard InChI is InChI=1S/C15H12N6O2.C5H10/c1-23-12-4-2-3-11(22)15(12)10-5-13(21-20-10)19-14-8-17-9(6-16)7-18-14;1-2-4-5-3-1/h2-5,7-8,22H,1H3,(H2,18,19,20,21);1-5H2. The Morgan fingerprint density at radius 1 is 1.11 bits per heavy atom. The summed E-state index contributed by atoms with van der Waals surface area (Å²) in [4.78, 5) is 7.97. The van der Waals surface area contributed by atoms with Crippen LogP contribution >= 0.6 is 0 Å². The van der Waals surface area contributed by atoms with Gasteiger partial charge in [0.05, 0.1) is 30.8 Å². The van der Waals surface area contributed by atoms with E-state index in [1.54, 1.807) is 24.3 Å². The average Bonchev–Trinajstić information content (AvgIpc) is 3.44. The number of ether oxygens (including phenoxy) is 1. The van der Waals surface area contributed by atoms with Gasteiger partial charge in [0.15, 0.2) is 11.5 Å². The maximum atomic E-state index is 10.0. The lowest BCUT2D eigenvalue weighted by atomic mass is 10.1. The van der Waals surface area contributed by atoms with Crippen LogP contribution in [-0.2, 0) is 0 Å². The lowest BCUT2D eigenvalue weighted by molar-refractivity contribution is 0.410. The molecule has 1 aliphatic rings. The molecule has 4 rings (SSSR count). The molecule has 1 aliphatic carbocycles. The van der Waals surface area contributed by atoms with Gasteiger partial charge in [0.1, 0.15) is 23.4 Å². The van der Waals surface area contributed by atoms with Crippen LogP contribution in [0.3, 0.4) is 0 Å². The van der Waals surface area contributed by atoms with Gasteiger partial charge in [-0.2, -0.15) is 10.4 Å². The number of hydrogen-bond acceptors (Lipinski definition) is 7. The minimum atomic E-state index is 0.0812. The Kier molecular flexibility index (Phi) is 6.41. The van der Waals surface area contributed by atoms with E-state index in [0.29, 0.717) is 28.6 Å². The highest BCUT2D eigenvalue weighted by molar-refractivity contribution is 5.75. The van der Waals surface area contributed by atoms with Gasteiger partial charge in [-0.05, 0) is 12.1 Å². The summed E-state index contributed by atoms with van der Waals surface area (Å²) in [6, 6.07) is 8.61. The molecule has 0 bridgehead atoms. The minimum Gasteiger partial charge on any atom is -0.507 e. The van der Waals surface area contributed by atoms with Crippen LogP contribution in [0.25, 0.3) is 11.3 Å². The Morgan fingerprint density at radius 2 is 1.86 bits per heavy atom. The molecule has 0 aliphatic heterocycles. The molecular formula is C20H22N6O2. The molecule has 144 valence electrons. The monoisotopic (exact) mass is 378 g/mol. The summed E-state index contributed by atoms with van der Waals surface area (Å²) in [6.45, 7) is 0. The number of phenols is 1. The zero-order valence-electron chi connectivity index (χ0n) is 15.6. The van der Waals surface area contributed by atoms with Crippen LogP contribution in [0.15, 0.2) is 36.7 Å². The predicted octanol–water partition coefficient (Wildman–Crippen LogP) is 4.15. The third-order valence-corrected chi connectivity index (χ3v) is 4.34. The Bertz CT molecular complexity index is 934. The molecule has 1 aromatic carbocycles. The van der Waals surface area contributed by atoms with Crippen molar-refractivity contribution in [1.29, 1.82) is 5.26 Å². The molecule has 28 heavy (non-hydrogen) atoms. The number of rotatable bonds is 4. The lowest BCUT2D eigenvalue weighted by Gasteiger charge is -2.07. The number of nitrogens with zero attached hydrogens (tertiary/aromatic N) is 4. The molecule has 0 spiro atoms. The Hall–Kier alpha value is -3.60. The second kappa shape index (κ2) is 9.37. The third kappa shape index (κ3) is 4.76. The van der Waals surface area contributed by atoms with Crippen LogP contribution in [-0.4, -0.2) is 32.4 Å². The zero-order chi connectivity index (χ0) is 19.8. The maximum absolute atomic E-state index is 10.0. The van der Waals surface area contributed by atoms with Gasteiger partial charge >= 0.3 is 0 Å². The van der Waals surface area contributed by atoms with Gasteiger partial charge in [-0.15, -0.1) is 0 Å². The molecular weight excluding hydrogens is 356 g/mol. The van der Waals surface area contributed by atoms with Crippen molar-refractivity contribution in [3.8, 4) is 28.8 Å². The number of aromatic nitrogens is 4. The number of aromatic hydroxyl groups is 1. The summed E-state index contributed by atoms with van der Waals surface area (Å²) in [6.07, 6.45) is 10.3. The lowest BCUT2D eigenvalue weighted by Crippen LogP contribution is -1.95. The fourth-order valence-electron chi connectivity index (χ4n) is 2.94. The van der Waals surface area contributed by atoms with E-state index in [4.69, 9.17) is 10.00 Å². The highest BCUT2D eigenvalue weighted by Crippen LogP contribution is 2.37. The Balaban J connectivity index is 0.000000391. The van der Waals surface area contributed by atoms with Crippen molar-refractivity contribution in [2.24, 2.45) is 0 Å². The van der Waals surface area contributed by atoms with Gasteiger partial charge in [0.2, 0.25) is 0 Å². The topological polar surface area (TPSA) is 120 Å². The first-order valence-corrected chi connectivity index (χ1v) is 9.12. The number of aromatic amines is 1. The molecule has 1 saturated carbocycles. The highest BCUT2D eigenvalue weighted by Gasteiger charge is 2.14. The SMILES string of the molecule is C1CCCC1.COc1cccc(O)c1-c1cc(Nc2cnc(C#N)cn2)n[nH]1. The first kappa shape index (κ1) is 19.2. The van der Waals surface area contributed by atoms with Crippen molar-refractivity contribution < 1.29 is 9.84 Å². The van der Waals surface area contributed by atoms with Gasteiger partial charge in [0, 0.05) is 6.07 Å². The van der Waals surface area contributed by atoms with Crippen molar-refractivity contribution in [2.75, 3.05) is 12.4 Å². The van der Waals surface area contributed by atoms with Crippen LogP contribution in [0, 0.1) is 11.3 Å². The third-order valence-electron chi connectivity index (χ3n) is 4.34. The molecule has 2 heterocycles. The van der Waals surface area contributed by atoms with Crippen LogP contribution in [0.1, 0.15) is 37.8 Å². The molecule has 0 unspecified atom stereocenters. The van der Waals surface area contributed by atoms with E-state index in [0.717, 1.165) is 0 Å². The number of benzene rings is 1. The quantitative estimate of drug-likeness (QED) is 0.624. The molecule has 0 amide bonds. The fourth-order valence-corrected chi connectivity index (χ4v) is 2.94. The van der Waals surface area contributed by atoms with Gasteiger partial charge in [0.25, 0.3) is 0 Å². The van der Waals surface area contributed by atoms with Crippen LogP contribution in [0.5, 0.6) is 11.5 Å². The Labute approximate surface area is 163 Å². The highest BCUT2D eigenvalue weighted by atomic mass is 16.5. The number of anilines is 2. The van der Waals surface area contributed by atoms with E-state index in [2.05, 4.69) is 25.5 Å². The van der Waals surface area contributed by atoms with Gasteiger partial charge in [-0.1, -0.05) is 38.2 Å². The summed E-state index contributed by atoms with van der Waals surface area (Å²) in [5.41, 5.74) is 1.34. The first-order valence-electron chi connectivity index (χ1n) is 9.12. The first-order chi connectivity index (χ1) is 13.7. The van der Waals surface area contributed by atoms with Crippen molar-refractivity contribution in [3.63, 3.8) is 0 Å². The van der Waals surface area contributed by atoms with Crippen LogP contribution in [0.4, 0.5) is 11.6 Å². The minimum absolute atomic E-state index is 0.0812. The average molecular weight is 378 g/mol. The summed E-state index contributed by atoms with van der Waals surface area (Å²) in [7, 11) is 1.53. The normalized spacial score (nSPS) is 12.6. The van der Waals surface area contributed by atoms with Crippen LogP contribution < -0.4 is 10.1 Å². The van der Waals surface area contributed by atoms with Crippen molar-refractivity contribution >= 4 is 11.6 Å². The van der Waals surface area contributed by atoms with E-state index < -0.39 is 0 Å². The van der Waals surface area contributed by atoms with E-state index in [-0.39, 0.29) is 11.4 Å². The maximum Gasteiger partial charge on any atom is 0.158 e. The van der Waals surface area contributed by atoms with E-state index >= 15 is 0 Å². The molecule has 0 radical (unpaired) electrons. The molecule has 3 N–H and O–H groups in total. The largest absolute Gasteiger partial charge is 0.507 e. The van der Waals surface area contributed by atoms with Gasteiger partial charge in [-0.3, -0.25) is 5.10 Å². The number of hydrogen-bond donors (Lipinski definition) is 3. The zero-order valence-corrected chi connectivity index (χ0v) is 15.6. The number of nitrogens with one attached hydrogen (secondary N) is 2. The second-order valence-corrected chi connectivity index (χ2v) is 6.31. The summed E-state index contributed by atoms with van der Waals surface area (Å²) in [5, 5.41) is 28.6. The smallest absolute Gasteiger partial charge is 0.158 e. The van der Waals surface area contributed by atoms with Gasteiger partial charge in [-0.25, -0.2) is 9.97 Å². The number of H-pyrrole nitrogens is 1. The van der Waals surface area contributed by atoms with Crippen molar-refractivity contribution in [3.05, 3.63) is 42.4 Å². The summed E-state index contributed by atoms with van der Waals surface area (Å²) in [5.74, 6) is 1.55. The fraction of sp³-hybridized carbons (Fsp3) is 0.300. The molecule has 0 saturated heterocycles. The number of nitriles is 1. The molecule has 8 nitrogen and oxygen atoms in total. The Morgan fingerprint density at radius 3 is 2.46 bits per heavy atom. The van der Waals surface area contributed by atoms with E-state index in [1.807, 2.05) is 6.07 Å². The summed E-state index contributed by atoms with van der Waals surface area (Å²) >= 11 is 0. The van der Waals surface area contributed by atoms with Crippen LogP contribution in [0.2, 0.25) is 0 Å². The number of phenolic OH excluding ortho intramolecular Hbond substituents is 1. The second-order valence-electron chi connectivity index (χ2n) is 6.31. The van der Waals surface area contributed by atoms with E-state index in [1.165, 1.54) is 51.6 Å². The molecule has 3 aromatic rings. The van der Waals surface area contributed by atoms with Crippen molar-refractivity contribution in [1.82, 2.24) is 20.2 Å². The number of methoxy groups -OCH3 is 1. The molecule has 1 fully saturated rings. The summed E-state index contributed by atoms with van der Waals surface area (Å²) < 4.78 is 5.25. The van der Waals surface area contributed by atoms with Gasteiger partial charge < -0.3 is 15.2 Å². The van der Waals surface area contributed by atoms with Crippen molar-refractivity contribution in [2.45, 2.75) is 32.1 Å². The predicted molar refractivity (Wildman–Crippen MR) is 105 cm³/mol. The van der Waals surface area contributed by atoms with E-state index in [9.17, 15) is 5.11 Å². The molecule has 2 aromatic heterocycles.